The second kappa shape index (κ2) is 4.22. The molecule has 0 saturated carbocycles. The van der Waals surface area contributed by atoms with Gasteiger partial charge in [0.15, 0.2) is 0 Å². The maximum atomic E-state index is 12.1. The van der Waals surface area contributed by atoms with Crippen LogP contribution in [0, 0.1) is 6.92 Å². The zero-order valence-electron chi connectivity index (χ0n) is 12.1. The molecule has 0 unspecified atom stereocenters. The highest BCUT2D eigenvalue weighted by atomic mass is 16.1. The molecule has 0 aliphatic carbocycles. The van der Waals surface area contributed by atoms with Gasteiger partial charge in [0.25, 0.3) is 5.91 Å². The van der Waals surface area contributed by atoms with E-state index in [9.17, 15) is 4.79 Å². The van der Waals surface area contributed by atoms with Crippen LogP contribution in [0.15, 0.2) is 42.5 Å². The maximum Gasteiger partial charge on any atom is 0.252 e. The number of nitrogens with zero attached hydrogens (tertiary/aromatic N) is 1. The smallest absolute Gasteiger partial charge is 0.252 e. The van der Waals surface area contributed by atoms with E-state index in [-0.39, 0.29) is 5.91 Å². The van der Waals surface area contributed by atoms with E-state index in [0.717, 1.165) is 16.5 Å². The van der Waals surface area contributed by atoms with E-state index < -0.39 is 0 Å². The van der Waals surface area contributed by atoms with Gasteiger partial charge in [-0.3, -0.25) is 4.79 Å². The molecule has 3 nitrogen and oxygen atoms in total. The zero-order chi connectivity index (χ0) is 14.6. The number of rotatable bonds is 1. The van der Waals surface area contributed by atoms with E-state index in [2.05, 4.69) is 54.2 Å². The third-order valence-corrected chi connectivity index (χ3v) is 4.32. The van der Waals surface area contributed by atoms with Gasteiger partial charge in [0.05, 0.1) is 5.69 Å². The number of nitrogens with one attached hydrogen (secondary N) is 1. The minimum absolute atomic E-state index is 0.0224. The van der Waals surface area contributed by atoms with Crippen LogP contribution in [0.3, 0.4) is 0 Å². The Kier molecular flexibility index (Phi) is 2.45. The van der Waals surface area contributed by atoms with Crippen LogP contribution in [0.5, 0.6) is 0 Å². The number of carbonyl (C=O) groups excluding carboxylic acids is 1. The molecule has 0 spiro atoms. The summed E-state index contributed by atoms with van der Waals surface area (Å²) in [6.07, 6.45) is 0. The first-order valence-electron chi connectivity index (χ1n) is 7.12. The number of amides is 1. The predicted octanol–water partition coefficient (Wildman–Crippen LogP) is 3.40. The molecule has 3 heteroatoms. The van der Waals surface area contributed by atoms with Crippen LogP contribution >= 0.6 is 0 Å². The molecule has 3 aromatic rings. The van der Waals surface area contributed by atoms with Gasteiger partial charge in [-0.25, -0.2) is 0 Å². The third-order valence-electron chi connectivity index (χ3n) is 4.32. The van der Waals surface area contributed by atoms with E-state index in [1.807, 2.05) is 12.1 Å². The third kappa shape index (κ3) is 1.64. The molecule has 4 rings (SSSR count). The van der Waals surface area contributed by atoms with Gasteiger partial charge < -0.3 is 9.88 Å². The Balaban J connectivity index is 2.10. The summed E-state index contributed by atoms with van der Waals surface area (Å²) in [6, 6.07) is 14.5. The summed E-state index contributed by atoms with van der Waals surface area (Å²) in [7, 11) is 2.07. The van der Waals surface area contributed by atoms with Crippen molar-refractivity contribution >= 4 is 16.8 Å². The highest BCUT2D eigenvalue weighted by molar-refractivity contribution is 6.11. The molecule has 104 valence electrons. The van der Waals surface area contributed by atoms with Gasteiger partial charge >= 0.3 is 0 Å². The van der Waals surface area contributed by atoms with Crippen LogP contribution in [0.2, 0.25) is 0 Å². The van der Waals surface area contributed by atoms with Crippen LogP contribution in [-0.2, 0) is 13.6 Å². The minimum Gasteiger partial charge on any atom is -0.348 e. The van der Waals surface area contributed by atoms with E-state index in [0.29, 0.717) is 6.54 Å². The topological polar surface area (TPSA) is 34.0 Å². The Morgan fingerprint density at radius 3 is 2.62 bits per heavy atom. The van der Waals surface area contributed by atoms with Crippen LogP contribution in [0.4, 0.5) is 0 Å². The van der Waals surface area contributed by atoms with Gasteiger partial charge in [0.2, 0.25) is 0 Å². The molecule has 1 aliphatic heterocycles. The molecule has 1 N–H and O–H groups in total. The number of aryl methyl sites for hydroxylation is 2. The van der Waals surface area contributed by atoms with Crippen LogP contribution in [0.25, 0.3) is 22.2 Å². The average Bonchev–Trinajstić information content (AvgIpc) is 2.78. The van der Waals surface area contributed by atoms with Crippen LogP contribution < -0.4 is 5.32 Å². The van der Waals surface area contributed by atoms with Crippen molar-refractivity contribution in [3.05, 3.63) is 59.2 Å². The van der Waals surface area contributed by atoms with Crippen molar-refractivity contribution in [2.24, 2.45) is 7.05 Å². The fourth-order valence-electron chi connectivity index (χ4n) is 3.28. The average molecular weight is 276 g/mol. The summed E-state index contributed by atoms with van der Waals surface area (Å²) >= 11 is 0. The van der Waals surface area contributed by atoms with Crippen LogP contribution in [0.1, 0.15) is 21.5 Å². The first kappa shape index (κ1) is 12.2. The summed E-state index contributed by atoms with van der Waals surface area (Å²) in [5.74, 6) is 0.0224. The largest absolute Gasteiger partial charge is 0.348 e. The molecule has 2 heterocycles. The second-order valence-corrected chi connectivity index (χ2v) is 5.63. The normalized spacial score (nSPS) is 13.5. The lowest BCUT2D eigenvalue weighted by atomic mass is 9.98. The molecule has 0 bridgehead atoms. The fraction of sp³-hybridized carbons (Fsp3) is 0.167. The van der Waals surface area contributed by atoms with Crippen LogP contribution in [-0.4, -0.2) is 10.5 Å². The molecular weight excluding hydrogens is 260 g/mol. The molecule has 1 aromatic heterocycles. The predicted molar refractivity (Wildman–Crippen MR) is 84.3 cm³/mol. The SMILES string of the molecule is Cc1ccc(-c2c3c4c(cccc4n2C)C(=O)NC3)cc1. The summed E-state index contributed by atoms with van der Waals surface area (Å²) in [5, 5.41) is 4.08. The van der Waals surface area contributed by atoms with Crippen molar-refractivity contribution in [1.29, 1.82) is 0 Å². The lowest BCUT2D eigenvalue weighted by Gasteiger charge is -2.14. The lowest BCUT2D eigenvalue weighted by molar-refractivity contribution is 0.0949. The standard InChI is InChI=1S/C18H16N2O/c1-11-6-8-12(9-7-11)17-14-10-19-18(21)13-4-3-5-15(16(13)14)20(17)2/h3-9H,10H2,1-2H3,(H,19,21). The molecule has 2 aromatic carbocycles. The molecule has 1 amide bonds. The number of carbonyl (C=O) groups is 1. The molecule has 0 saturated heterocycles. The molecule has 0 fully saturated rings. The van der Waals surface area contributed by atoms with Gasteiger partial charge in [0, 0.05) is 35.6 Å². The zero-order valence-corrected chi connectivity index (χ0v) is 12.1. The van der Waals surface area contributed by atoms with Gasteiger partial charge in [-0.2, -0.15) is 0 Å². The Bertz CT molecular complexity index is 872. The molecule has 1 aliphatic rings. The van der Waals surface area contributed by atoms with Crippen molar-refractivity contribution in [3.63, 3.8) is 0 Å². The number of aromatic nitrogens is 1. The summed E-state index contributed by atoms with van der Waals surface area (Å²) in [5.41, 5.74) is 6.75. The highest BCUT2D eigenvalue weighted by Crippen LogP contribution is 2.36. The monoisotopic (exact) mass is 276 g/mol. The molecule has 0 atom stereocenters. The van der Waals surface area contributed by atoms with E-state index >= 15 is 0 Å². The van der Waals surface area contributed by atoms with E-state index in [1.165, 1.54) is 22.4 Å². The Morgan fingerprint density at radius 1 is 1.10 bits per heavy atom. The highest BCUT2D eigenvalue weighted by Gasteiger charge is 2.25. The Hall–Kier alpha value is -2.55. The molecule has 0 radical (unpaired) electrons. The lowest BCUT2D eigenvalue weighted by Crippen LogP contribution is -2.26. The van der Waals surface area contributed by atoms with Gasteiger partial charge in [0.1, 0.15) is 0 Å². The fourth-order valence-corrected chi connectivity index (χ4v) is 3.28. The van der Waals surface area contributed by atoms with E-state index in [1.54, 1.807) is 0 Å². The molecular formula is C18H16N2O. The molecule has 21 heavy (non-hydrogen) atoms. The first-order valence-corrected chi connectivity index (χ1v) is 7.12. The van der Waals surface area contributed by atoms with Crippen molar-refractivity contribution in [2.45, 2.75) is 13.5 Å². The van der Waals surface area contributed by atoms with Crippen molar-refractivity contribution in [3.8, 4) is 11.3 Å². The van der Waals surface area contributed by atoms with Crippen molar-refractivity contribution in [2.75, 3.05) is 0 Å². The number of benzene rings is 2. The number of hydrogen-bond acceptors (Lipinski definition) is 1. The summed E-state index contributed by atoms with van der Waals surface area (Å²) in [4.78, 5) is 12.1. The van der Waals surface area contributed by atoms with E-state index in [4.69, 9.17) is 0 Å². The number of hydrogen-bond donors (Lipinski definition) is 1. The van der Waals surface area contributed by atoms with Crippen molar-refractivity contribution < 1.29 is 4.79 Å². The van der Waals surface area contributed by atoms with Gasteiger partial charge in [-0.1, -0.05) is 35.9 Å². The minimum atomic E-state index is 0.0224. The van der Waals surface area contributed by atoms with Gasteiger partial charge in [-0.05, 0) is 24.6 Å². The Morgan fingerprint density at radius 2 is 1.86 bits per heavy atom. The first-order chi connectivity index (χ1) is 10.2. The second-order valence-electron chi connectivity index (χ2n) is 5.63. The quantitative estimate of drug-likeness (QED) is 0.726. The van der Waals surface area contributed by atoms with Gasteiger partial charge in [-0.15, -0.1) is 0 Å². The summed E-state index contributed by atoms with van der Waals surface area (Å²) < 4.78 is 2.19. The Labute approximate surface area is 123 Å². The maximum absolute atomic E-state index is 12.1. The van der Waals surface area contributed by atoms with Crippen molar-refractivity contribution in [1.82, 2.24) is 9.88 Å². The summed E-state index contributed by atoms with van der Waals surface area (Å²) in [6.45, 7) is 2.68.